The van der Waals surface area contributed by atoms with E-state index in [1.807, 2.05) is 39.0 Å². The van der Waals surface area contributed by atoms with Gasteiger partial charge in [-0.1, -0.05) is 34.1 Å². The van der Waals surface area contributed by atoms with Gasteiger partial charge in [0.25, 0.3) is 0 Å². The fourth-order valence-electron chi connectivity index (χ4n) is 2.31. The van der Waals surface area contributed by atoms with Gasteiger partial charge in [0, 0.05) is 23.5 Å². The minimum atomic E-state index is -0.428. The third-order valence-electron chi connectivity index (χ3n) is 3.18. The number of nitrogens with zero attached hydrogens (tertiary/aromatic N) is 1. The summed E-state index contributed by atoms with van der Waals surface area (Å²) in [5.74, 6) is 0.392. The van der Waals surface area contributed by atoms with Crippen LogP contribution in [0, 0.1) is 0 Å². The van der Waals surface area contributed by atoms with Gasteiger partial charge < -0.3 is 9.64 Å². The normalized spacial score (nSPS) is 19.6. The standard InChI is InChI=1S/C15H20BrNO2/c1-15(2,3)19-14(18)17-9-8-11(10-17)12-6-4-5-7-13(12)16/h4-7,11H,8-10H2,1-3H3. The van der Waals surface area contributed by atoms with E-state index in [1.54, 1.807) is 4.90 Å². The van der Waals surface area contributed by atoms with Crippen molar-refractivity contribution in [1.29, 1.82) is 0 Å². The second-order valence-corrected chi connectivity index (χ2v) is 6.79. The van der Waals surface area contributed by atoms with Crippen molar-refractivity contribution in [2.24, 2.45) is 0 Å². The van der Waals surface area contributed by atoms with Gasteiger partial charge in [0.2, 0.25) is 0 Å². The maximum atomic E-state index is 12.0. The van der Waals surface area contributed by atoms with Gasteiger partial charge in [-0.15, -0.1) is 0 Å². The maximum Gasteiger partial charge on any atom is 0.410 e. The van der Waals surface area contributed by atoms with Crippen molar-refractivity contribution in [3.63, 3.8) is 0 Å². The summed E-state index contributed by atoms with van der Waals surface area (Å²) in [4.78, 5) is 13.8. The van der Waals surface area contributed by atoms with Crippen LogP contribution in [0.1, 0.15) is 38.7 Å². The first kappa shape index (κ1) is 14.4. The van der Waals surface area contributed by atoms with Crippen LogP contribution in [0.15, 0.2) is 28.7 Å². The molecule has 0 aliphatic carbocycles. The van der Waals surface area contributed by atoms with Crippen molar-refractivity contribution in [3.05, 3.63) is 34.3 Å². The lowest BCUT2D eigenvalue weighted by molar-refractivity contribution is 0.0292. The molecule has 2 rings (SSSR count). The second kappa shape index (κ2) is 5.53. The average molecular weight is 326 g/mol. The number of carbonyl (C=O) groups excluding carboxylic acids is 1. The first-order valence-corrected chi connectivity index (χ1v) is 7.38. The molecule has 0 N–H and O–H groups in total. The third kappa shape index (κ3) is 3.72. The van der Waals surface area contributed by atoms with Crippen LogP contribution in [-0.2, 0) is 4.74 Å². The predicted molar refractivity (Wildman–Crippen MR) is 79.3 cm³/mol. The maximum absolute atomic E-state index is 12.0. The van der Waals surface area contributed by atoms with Gasteiger partial charge in [0.1, 0.15) is 5.60 Å². The van der Waals surface area contributed by atoms with Gasteiger partial charge in [-0.3, -0.25) is 0 Å². The van der Waals surface area contributed by atoms with Crippen LogP contribution in [-0.4, -0.2) is 29.7 Å². The first-order valence-electron chi connectivity index (χ1n) is 6.59. The monoisotopic (exact) mass is 325 g/mol. The lowest BCUT2D eigenvalue weighted by Gasteiger charge is -2.24. The van der Waals surface area contributed by atoms with Crippen molar-refractivity contribution in [1.82, 2.24) is 4.90 Å². The number of likely N-dealkylation sites (tertiary alicyclic amines) is 1. The largest absolute Gasteiger partial charge is 0.444 e. The number of hydrogen-bond donors (Lipinski definition) is 0. The van der Waals surface area contributed by atoms with Crippen LogP contribution >= 0.6 is 15.9 Å². The lowest BCUT2D eigenvalue weighted by Crippen LogP contribution is -2.35. The van der Waals surface area contributed by atoms with E-state index in [0.29, 0.717) is 5.92 Å². The van der Waals surface area contributed by atoms with E-state index in [-0.39, 0.29) is 6.09 Å². The Morgan fingerprint density at radius 1 is 1.37 bits per heavy atom. The summed E-state index contributed by atoms with van der Waals surface area (Å²) in [5.41, 5.74) is 0.844. The van der Waals surface area contributed by atoms with Gasteiger partial charge in [-0.25, -0.2) is 4.79 Å². The average Bonchev–Trinajstić information content (AvgIpc) is 2.76. The third-order valence-corrected chi connectivity index (χ3v) is 3.91. The highest BCUT2D eigenvalue weighted by molar-refractivity contribution is 9.10. The van der Waals surface area contributed by atoms with Gasteiger partial charge in [0.05, 0.1) is 0 Å². The molecule has 1 unspecified atom stereocenters. The van der Waals surface area contributed by atoms with Crippen molar-refractivity contribution in [3.8, 4) is 0 Å². The Bertz CT molecular complexity index is 467. The molecule has 1 atom stereocenters. The van der Waals surface area contributed by atoms with E-state index in [0.717, 1.165) is 24.0 Å². The summed E-state index contributed by atoms with van der Waals surface area (Å²) in [6.45, 7) is 7.18. The number of amides is 1. The molecule has 0 bridgehead atoms. The predicted octanol–water partition coefficient (Wildman–Crippen LogP) is 4.17. The zero-order valence-corrected chi connectivity index (χ0v) is 13.2. The SMILES string of the molecule is CC(C)(C)OC(=O)N1CCC(c2ccccc2Br)C1. The smallest absolute Gasteiger partial charge is 0.410 e. The van der Waals surface area contributed by atoms with Crippen molar-refractivity contribution < 1.29 is 9.53 Å². The molecule has 1 aliphatic rings. The molecule has 1 heterocycles. The zero-order chi connectivity index (χ0) is 14.0. The number of ether oxygens (including phenoxy) is 1. The highest BCUT2D eigenvalue weighted by Crippen LogP contribution is 2.32. The zero-order valence-electron chi connectivity index (χ0n) is 11.6. The molecule has 1 amide bonds. The number of rotatable bonds is 1. The van der Waals surface area contributed by atoms with E-state index in [1.165, 1.54) is 5.56 Å². The molecule has 1 saturated heterocycles. The number of carbonyl (C=O) groups is 1. The molecule has 1 aliphatic heterocycles. The van der Waals surface area contributed by atoms with Gasteiger partial charge in [0.15, 0.2) is 0 Å². The van der Waals surface area contributed by atoms with Gasteiger partial charge in [-0.05, 0) is 38.8 Å². The quantitative estimate of drug-likeness (QED) is 0.775. The molecule has 0 radical (unpaired) electrons. The minimum Gasteiger partial charge on any atom is -0.444 e. The van der Waals surface area contributed by atoms with Crippen molar-refractivity contribution >= 4 is 22.0 Å². The Labute approximate surface area is 123 Å². The van der Waals surface area contributed by atoms with Crippen LogP contribution < -0.4 is 0 Å². The number of hydrogen-bond acceptors (Lipinski definition) is 2. The van der Waals surface area contributed by atoms with Crippen LogP contribution in [0.25, 0.3) is 0 Å². The molecule has 0 aromatic heterocycles. The molecule has 4 heteroatoms. The Morgan fingerprint density at radius 3 is 2.68 bits per heavy atom. The molecule has 1 aromatic rings. The second-order valence-electron chi connectivity index (χ2n) is 5.93. The van der Waals surface area contributed by atoms with Crippen LogP contribution in [0.4, 0.5) is 4.79 Å². The van der Waals surface area contributed by atoms with E-state index < -0.39 is 5.60 Å². The topological polar surface area (TPSA) is 29.5 Å². The first-order chi connectivity index (χ1) is 8.87. The summed E-state index contributed by atoms with van der Waals surface area (Å²) in [6.07, 6.45) is 0.782. The highest BCUT2D eigenvalue weighted by atomic mass is 79.9. The molecule has 1 aromatic carbocycles. The highest BCUT2D eigenvalue weighted by Gasteiger charge is 2.31. The van der Waals surface area contributed by atoms with Crippen molar-refractivity contribution in [2.45, 2.75) is 38.7 Å². The molecule has 0 spiro atoms. The molecular weight excluding hydrogens is 306 g/mol. The Morgan fingerprint density at radius 2 is 2.05 bits per heavy atom. The van der Waals surface area contributed by atoms with Crippen LogP contribution in [0.3, 0.4) is 0 Å². The molecule has 0 saturated carbocycles. The van der Waals surface area contributed by atoms with E-state index >= 15 is 0 Å². The fourth-order valence-corrected chi connectivity index (χ4v) is 2.92. The van der Waals surface area contributed by atoms with Crippen LogP contribution in [0.5, 0.6) is 0 Å². The lowest BCUT2D eigenvalue weighted by atomic mass is 9.99. The minimum absolute atomic E-state index is 0.206. The Balaban J connectivity index is 2.01. The molecule has 3 nitrogen and oxygen atoms in total. The van der Waals surface area contributed by atoms with Crippen molar-refractivity contribution in [2.75, 3.05) is 13.1 Å². The summed E-state index contributed by atoms with van der Waals surface area (Å²) in [5, 5.41) is 0. The Kier molecular flexibility index (Phi) is 4.19. The number of benzene rings is 1. The molecule has 19 heavy (non-hydrogen) atoms. The summed E-state index contributed by atoms with van der Waals surface area (Å²) in [7, 11) is 0. The summed E-state index contributed by atoms with van der Waals surface area (Å²) in [6, 6.07) is 8.21. The molecule has 104 valence electrons. The van der Waals surface area contributed by atoms with E-state index in [4.69, 9.17) is 4.74 Å². The van der Waals surface area contributed by atoms with E-state index in [9.17, 15) is 4.79 Å². The summed E-state index contributed by atoms with van der Waals surface area (Å²) < 4.78 is 6.53. The van der Waals surface area contributed by atoms with Gasteiger partial charge in [-0.2, -0.15) is 0 Å². The number of halogens is 1. The summed E-state index contributed by atoms with van der Waals surface area (Å²) >= 11 is 3.58. The van der Waals surface area contributed by atoms with E-state index in [2.05, 4.69) is 22.0 Å². The molecule has 1 fully saturated rings. The molecular formula is C15H20BrNO2. The fraction of sp³-hybridized carbons (Fsp3) is 0.533. The van der Waals surface area contributed by atoms with Gasteiger partial charge >= 0.3 is 6.09 Å². The van der Waals surface area contributed by atoms with Crippen LogP contribution in [0.2, 0.25) is 0 Å². The Hall–Kier alpha value is -1.03.